The van der Waals surface area contributed by atoms with E-state index in [1.165, 1.54) is 30.4 Å². The summed E-state index contributed by atoms with van der Waals surface area (Å²) in [5.74, 6) is 0.191. The highest BCUT2D eigenvalue weighted by molar-refractivity contribution is 9.10. The van der Waals surface area contributed by atoms with Crippen LogP contribution in [-0.2, 0) is 6.42 Å². The van der Waals surface area contributed by atoms with Gasteiger partial charge >= 0.3 is 0 Å². The zero-order chi connectivity index (χ0) is 17.4. The van der Waals surface area contributed by atoms with Crippen molar-refractivity contribution in [1.82, 2.24) is 0 Å². The molecular weight excluding hydrogens is 360 g/mol. The van der Waals surface area contributed by atoms with Crippen LogP contribution in [0.1, 0.15) is 61.9 Å². The number of alkyl halides is 1. The molecule has 0 N–H and O–H groups in total. The SMILES string of the molecule is CCCCC[C@@H](Br)C(=O)c1ccc(-c2ccc(CCC)cc2)cc1. The molecule has 1 nitrogen and oxygen atoms in total. The van der Waals surface area contributed by atoms with Gasteiger partial charge in [0.1, 0.15) is 0 Å². The van der Waals surface area contributed by atoms with E-state index in [1.54, 1.807) is 0 Å². The minimum absolute atomic E-state index is 0.0665. The first-order valence-electron chi connectivity index (χ1n) is 9.03. The highest BCUT2D eigenvalue weighted by Crippen LogP contribution is 2.23. The smallest absolute Gasteiger partial charge is 0.176 e. The quantitative estimate of drug-likeness (QED) is 0.262. The van der Waals surface area contributed by atoms with Crippen LogP contribution in [0, 0.1) is 0 Å². The molecule has 0 amide bonds. The van der Waals surface area contributed by atoms with Crippen molar-refractivity contribution in [3.8, 4) is 11.1 Å². The van der Waals surface area contributed by atoms with Crippen molar-refractivity contribution in [2.24, 2.45) is 0 Å². The number of rotatable bonds is 9. The highest BCUT2D eigenvalue weighted by Gasteiger charge is 2.16. The van der Waals surface area contributed by atoms with Gasteiger partial charge in [-0.15, -0.1) is 0 Å². The zero-order valence-corrected chi connectivity index (χ0v) is 16.3. The number of carbonyl (C=O) groups excluding carboxylic acids is 1. The Labute approximate surface area is 154 Å². The molecule has 0 fully saturated rings. The number of halogens is 1. The first-order valence-corrected chi connectivity index (χ1v) is 9.95. The van der Waals surface area contributed by atoms with E-state index < -0.39 is 0 Å². The summed E-state index contributed by atoms with van der Waals surface area (Å²) < 4.78 is 0. The molecule has 0 aromatic heterocycles. The highest BCUT2D eigenvalue weighted by atomic mass is 79.9. The summed E-state index contributed by atoms with van der Waals surface area (Å²) in [5.41, 5.74) is 4.53. The molecule has 0 heterocycles. The summed E-state index contributed by atoms with van der Waals surface area (Å²) in [6, 6.07) is 16.7. The predicted octanol–water partition coefficient (Wildman–Crippen LogP) is 6.83. The van der Waals surface area contributed by atoms with Gasteiger partial charge in [-0.1, -0.05) is 104 Å². The van der Waals surface area contributed by atoms with Crippen molar-refractivity contribution in [3.63, 3.8) is 0 Å². The molecule has 2 heteroatoms. The summed E-state index contributed by atoms with van der Waals surface area (Å²) in [6.45, 7) is 4.38. The van der Waals surface area contributed by atoms with E-state index >= 15 is 0 Å². The van der Waals surface area contributed by atoms with Crippen LogP contribution in [0.3, 0.4) is 0 Å². The van der Waals surface area contributed by atoms with E-state index in [0.717, 1.165) is 30.4 Å². The van der Waals surface area contributed by atoms with Crippen LogP contribution < -0.4 is 0 Å². The Hall–Kier alpha value is -1.41. The Morgan fingerprint density at radius 2 is 1.46 bits per heavy atom. The van der Waals surface area contributed by atoms with Crippen molar-refractivity contribution < 1.29 is 4.79 Å². The van der Waals surface area contributed by atoms with Gasteiger partial charge in [-0.25, -0.2) is 0 Å². The molecular formula is C22H27BrO. The molecule has 1 atom stereocenters. The third-order valence-corrected chi connectivity index (χ3v) is 5.21. The van der Waals surface area contributed by atoms with E-state index in [0.29, 0.717) is 0 Å². The maximum atomic E-state index is 12.5. The van der Waals surface area contributed by atoms with Gasteiger partial charge < -0.3 is 0 Å². The van der Waals surface area contributed by atoms with Crippen LogP contribution in [0.4, 0.5) is 0 Å². The molecule has 128 valence electrons. The number of carbonyl (C=O) groups is 1. The van der Waals surface area contributed by atoms with Gasteiger partial charge in [0, 0.05) is 5.56 Å². The predicted molar refractivity (Wildman–Crippen MR) is 107 cm³/mol. The van der Waals surface area contributed by atoms with Gasteiger partial charge in [-0.3, -0.25) is 4.79 Å². The summed E-state index contributed by atoms with van der Waals surface area (Å²) in [7, 11) is 0. The van der Waals surface area contributed by atoms with Gasteiger partial charge in [0.25, 0.3) is 0 Å². The fourth-order valence-corrected chi connectivity index (χ4v) is 3.45. The number of hydrogen-bond acceptors (Lipinski definition) is 1. The second-order valence-electron chi connectivity index (χ2n) is 6.35. The van der Waals surface area contributed by atoms with Crippen molar-refractivity contribution >= 4 is 21.7 Å². The maximum Gasteiger partial charge on any atom is 0.176 e. The molecule has 0 aliphatic carbocycles. The monoisotopic (exact) mass is 386 g/mol. The molecule has 0 aliphatic heterocycles. The van der Waals surface area contributed by atoms with Crippen LogP contribution in [0.2, 0.25) is 0 Å². The number of hydrogen-bond donors (Lipinski definition) is 0. The molecule has 2 aromatic carbocycles. The van der Waals surface area contributed by atoms with E-state index in [9.17, 15) is 4.79 Å². The molecule has 24 heavy (non-hydrogen) atoms. The number of unbranched alkanes of at least 4 members (excludes halogenated alkanes) is 2. The molecule has 0 radical (unpaired) electrons. The second kappa shape index (κ2) is 9.78. The first-order chi connectivity index (χ1) is 11.7. The maximum absolute atomic E-state index is 12.5. The Balaban J connectivity index is 2.02. The van der Waals surface area contributed by atoms with Crippen molar-refractivity contribution in [2.45, 2.75) is 57.2 Å². The molecule has 0 unspecified atom stereocenters. The fraction of sp³-hybridized carbons (Fsp3) is 0.409. The summed E-state index contributed by atoms with van der Waals surface area (Å²) in [4.78, 5) is 12.4. The third-order valence-electron chi connectivity index (χ3n) is 4.34. The second-order valence-corrected chi connectivity index (χ2v) is 7.46. The topological polar surface area (TPSA) is 17.1 Å². The molecule has 0 aliphatic rings. The lowest BCUT2D eigenvalue weighted by Gasteiger charge is -2.10. The Morgan fingerprint density at radius 1 is 0.875 bits per heavy atom. The van der Waals surface area contributed by atoms with Crippen molar-refractivity contribution in [3.05, 3.63) is 59.7 Å². The van der Waals surface area contributed by atoms with Crippen LogP contribution in [0.15, 0.2) is 48.5 Å². The average Bonchev–Trinajstić information content (AvgIpc) is 2.62. The molecule has 0 spiro atoms. The van der Waals surface area contributed by atoms with E-state index in [-0.39, 0.29) is 10.6 Å². The Morgan fingerprint density at radius 3 is 2.00 bits per heavy atom. The molecule has 2 rings (SSSR count). The van der Waals surface area contributed by atoms with Crippen molar-refractivity contribution in [2.75, 3.05) is 0 Å². The van der Waals surface area contributed by atoms with Gasteiger partial charge in [0.2, 0.25) is 0 Å². The Bertz CT molecular complexity index is 628. The Kier molecular flexibility index (Phi) is 7.71. The lowest BCUT2D eigenvalue weighted by atomic mass is 9.99. The van der Waals surface area contributed by atoms with E-state index in [4.69, 9.17) is 0 Å². The minimum atomic E-state index is -0.0665. The standard InChI is InChI=1S/C22H27BrO/c1-3-5-6-8-21(23)22(24)20-15-13-19(14-16-20)18-11-9-17(7-4-2)10-12-18/h9-16,21H,3-8H2,1-2H3/t21-/m1/s1. The molecule has 0 saturated carbocycles. The van der Waals surface area contributed by atoms with Crippen LogP contribution in [0.5, 0.6) is 0 Å². The summed E-state index contributed by atoms with van der Waals surface area (Å²) in [5, 5.41) is 0. The largest absolute Gasteiger partial charge is 0.293 e. The zero-order valence-electron chi connectivity index (χ0n) is 14.7. The van der Waals surface area contributed by atoms with Crippen LogP contribution in [-0.4, -0.2) is 10.6 Å². The minimum Gasteiger partial charge on any atom is -0.293 e. The number of Topliss-reactive ketones (excluding diaryl/α,β-unsaturated/α-hetero) is 1. The number of ketones is 1. The van der Waals surface area contributed by atoms with Gasteiger partial charge in [0.15, 0.2) is 5.78 Å². The molecule has 0 bridgehead atoms. The lowest BCUT2D eigenvalue weighted by molar-refractivity contribution is 0.0988. The first kappa shape index (κ1) is 18.9. The van der Waals surface area contributed by atoms with Crippen LogP contribution in [0.25, 0.3) is 11.1 Å². The molecule has 2 aromatic rings. The number of aryl methyl sites for hydroxylation is 1. The fourth-order valence-electron chi connectivity index (χ4n) is 2.86. The average molecular weight is 387 g/mol. The summed E-state index contributed by atoms with van der Waals surface area (Å²) >= 11 is 3.55. The normalized spacial score (nSPS) is 12.1. The van der Waals surface area contributed by atoms with Gasteiger partial charge in [-0.2, -0.15) is 0 Å². The van der Waals surface area contributed by atoms with E-state index in [1.807, 2.05) is 24.3 Å². The van der Waals surface area contributed by atoms with Gasteiger partial charge in [-0.05, 0) is 29.5 Å². The summed E-state index contributed by atoms with van der Waals surface area (Å²) in [6.07, 6.45) is 6.66. The van der Waals surface area contributed by atoms with Gasteiger partial charge in [0.05, 0.1) is 4.83 Å². The van der Waals surface area contributed by atoms with Crippen LogP contribution >= 0.6 is 15.9 Å². The van der Waals surface area contributed by atoms with Crippen molar-refractivity contribution in [1.29, 1.82) is 0 Å². The van der Waals surface area contributed by atoms with E-state index in [2.05, 4.69) is 54.0 Å². The lowest BCUT2D eigenvalue weighted by Crippen LogP contribution is -2.14. The molecule has 0 saturated heterocycles. The number of benzene rings is 2. The third kappa shape index (κ3) is 5.31.